The van der Waals surface area contributed by atoms with Gasteiger partial charge in [0.1, 0.15) is 0 Å². The number of piperidine rings is 1. The van der Waals surface area contributed by atoms with E-state index in [9.17, 15) is 8.42 Å². The topological polar surface area (TPSA) is 49.4 Å². The lowest BCUT2D eigenvalue weighted by Gasteiger charge is -2.34. The van der Waals surface area contributed by atoms with Gasteiger partial charge in [-0.25, -0.2) is 13.1 Å². The lowest BCUT2D eigenvalue weighted by molar-refractivity contribution is 0.188. The second-order valence-electron chi connectivity index (χ2n) is 4.16. The molecule has 0 aliphatic carbocycles. The van der Waals surface area contributed by atoms with Gasteiger partial charge in [0.15, 0.2) is 0 Å². The van der Waals surface area contributed by atoms with Crippen molar-refractivity contribution in [1.82, 2.24) is 9.62 Å². The van der Waals surface area contributed by atoms with E-state index in [4.69, 9.17) is 0 Å². The third kappa shape index (κ3) is 3.22. The van der Waals surface area contributed by atoms with Crippen LogP contribution in [0.2, 0.25) is 0 Å². The second-order valence-corrected chi connectivity index (χ2v) is 6.20. The molecule has 1 saturated heterocycles. The van der Waals surface area contributed by atoms with E-state index in [0.717, 1.165) is 19.5 Å². The molecule has 5 heteroatoms. The van der Waals surface area contributed by atoms with Crippen LogP contribution in [0.3, 0.4) is 0 Å². The first-order valence-corrected chi connectivity index (χ1v) is 6.78. The number of sulfonamides is 1. The normalized spacial score (nSPS) is 30.5. The summed E-state index contributed by atoms with van der Waals surface area (Å²) in [4.78, 5) is 2.24. The average molecular weight is 220 g/mol. The van der Waals surface area contributed by atoms with E-state index >= 15 is 0 Å². The Labute approximate surface area is 86.7 Å². The Balaban J connectivity index is 2.54. The van der Waals surface area contributed by atoms with Gasteiger partial charge in [-0.05, 0) is 32.9 Å². The van der Waals surface area contributed by atoms with E-state index < -0.39 is 10.0 Å². The van der Waals surface area contributed by atoms with Gasteiger partial charge in [0.25, 0.3) is 0 Å². The van der Waals surface area contributed by atoms with E-state index in [1.165, 1.54) is 0 Å². The minimum atomic E-state index is -3.04. The molecule has 1 rings (SSSR count). The van der Waals surface area contributed by atoms with Crippen LogP contribution < -0.4 is 4.72 Å². The van der Waals surface area contributed by atoms with Gasteiger partial charge in [-0.15, -0.1) is 0 Å². The predicted molar refractivity (Wildman–Crippen MR) is 57.7 cm³/mol. The van der Waals surface area contributed by atoms with Crippen molar-refractivity contribution in [3.05, 3.63) is 0 Å². The number of nitrogens with zero attached hydrogens (tertiary/aromatic N) is 1. The van der Waals surface area contributed by atoms with E-state index in [1.54, 1.807) is 6.92 Å². The molecule has 1 fully saturated rings. The fourth-order valence-corrected chi connectivity index (χ4v) is 2.82. The molecule has 1 heterocycles. The molecule has 0 aromatic rings. The van der Waals surface area contributed by atoms with Crippen molar-refractivity contribution in [3.8, 4) is 0 Å². The fraction of sp³-hybridized carbons (Fsp3) is 1.00. The summed E-state index contributed by atoms with van der Waals surface area (Å²) in [5.74, 6) is 0.571. The molecule has 0 bridgehead atoms. The number of nitrogens with one attached hydrogen (secondary N) is 1. The summed E-state index contributed by atoms with van der Waals surface area (Å²) in [6.07, 6.45) is 0.914. The molecular weight excluding hydrogens is 200 g/mol. The second kappa shape index (κ2) is 4.59. The van der Waals surface area contributed by atoms with Crippen LogP contribution >= 0.6 is 0 Å². The molecule has 0 saturated carbocycles. The lowest BCUT2D eigenvalue weighted by atomic mass is 9.95. The van der Waals surface area contributed by atoms with Crippen molar-refractivity contribution >= 4 is 10.0 Å². The Bertz CT molecular complexity index is 277. The zero-order valence-corrected chi connectivity index (χ0v) is 9.97. The van der Waals surface area contributed by atoms with Crippen LogP contribution in [0.1, 0.15) is 20.3 Å². The Hall–Kier alpha value is -0.130. The predicted octanol–water partition coefficient (Wildman–Crippen LogP) is 0.266. The highest BCUT2D eigenvalue weighted by atomic mass is 32.2. The Morgan fingerprint density at radius 2 is 2.14 bits per heavy atom. The summed E-state index contributed by atoms with van der Waals surface area (Å²) in [5, 5.41) is 0. The van der Waals surface area contributed by atoms with Gasteiger partial charge in [-0.3, -0.25) is 0 Å². The highest BCUT2D eigenvalue weighted by molar-refractivity contribution is 7.89. The van der Waals surface area contributed by atoms with E-state index in [1.807, 2.05) is 0 Å². The molecule has 4 nitrogen and oxygen atoms in total. The molecule has 1 N–H and O–H groups in total. The van der Waals surface area contributed by atoms with Gasteiger partial charge in [0.05, 0.1) is 5.75 Å². The maximum absolute atomic E-state index is 11.4. The Morgan fingerprint density at radius 1 is 1.50 bits per heavy atom. The van der Waals surface area contributed by atoms with E-state index in [0.29, 0.717) is 5.92 Å². The molecule has 1 aliphatic rings. The van der Waals surface area contributed by atoms with Crippen LogP contribution in [0.4, 0.5) is 0 Å². The first-order chi connectivity index (χ1) is 6.44. The average Bonchev–Trinajstić information content (AvgIpc) is 2.10. The summed E-state index contributed by atoms with van der Waals surface area (Å²) >= 11 is 0. The summed E-state index contributed by atoms with van der Waals surface area (Å²) in [6, 6.07) is 0.121. The molecule has 0 aromatic carbocycles. The minimum absolute atomic E-state index is 0.121. The van der Waals surface area contributed by atoms with Gasteiger partial charge < -0.3 is 4.90 Å². The molecule has 1 aliphatic heterocycles. The third-order valence-electron chi connectivity index (χ3n) is 2.82. The quantitative estimate of drug-likeness (QED) is 0.742. The van der Waals surface area contributed by atoms with Crippen molar-refractivity contribution in [3.63, 3.8) is 0 Å². The van der Waals surface area contributed by atoms with Crippen LogP contribution in [-0.4, -0.2) is 45.2 Å². The monoisotopic (exact) mass is 220 g/mol. The van der Waals surface area contributed by atoms with Crippen LogP contribution in [0.5, 0.6) is 0 Å². The molecule has 0 spiro atoms. The lowest BCUT2D eigenvalue weighted by Crippen LogP contribution is -2.49. The van der Waals surface area contributed by atoms with Gasteiger partial charge in [-0.2, -0.15) is 0 Å². The summed E-state index contributed by atoms with van der Waals surface area (Å²) in [6.45, 7) is 5.71. The number of hydrogen-bond acceptors (Lipinski definition) is 3. The third-order valence-corrected chi connectivity index (χ3v) is 4.24. The maximum atomic E-state index is 11.4. The van der Waals surface area contributed by atoms with Crippen molar-refractivity contribution in [2.75, 3.05) is 25.9 Å². The Morgan fingerprint density at radius 3 is 2.64 bits per heavy atom. The number of rotatable bonds is 3. The number of likely N-dealkylation sites (tertiary alicyclic amines) is 1. The largest absolute Gasteiger partial charge is 0.306 e. The Kier molecular flexibility index (Phi) is 3.92. The highest BCUT2D eigenvalue weighted by Crippen LogP contribution is 2.16. The fourth-order valence-electron chi connectivity index (χ4n) is 1.84. The van der Waals surface area contributed by atoms with Gasteiger partial charge >= 0.3 is 0 Å². The van der Waals surface area contributed by atoms with Crippen LogP contribution in [-0.2, 0) is 10.0 Å². The van der Waals surface area contributed by atoms with E-state index in [2.05, 4.69) is 23.6 Å². The van der Waals surface area contributed by atoms with E-state index in [-0.39, 0.29) is 11.8 Å². The first kappa shape index (κ1) is 11.9. The molecular formula is C9H20N2O2S. The minimum Gasteiger partial charge on any atom is -0.306 e. The van der Waals surface area contributed by atoms with Crippen molar-refractivity contribution in [1.29, 1.82) is 0 Å². The highest BCUT2D eigenvalue weighted by Gasteiger charge is 2.26. The molecule has 2 unspecified atom stereocenters. The van der Waals surface area contributed by atoms with Crippen LogP contribution in [0, 0.1) is 5.92 Å². The van der Waals surface area contributed by atoms with Crippen molar-refractivity contribution in [2.24, 2.45) is 5.92 Å². The maximum Gasteiger partial charge on any atom is 0.211 e. The smallest absolute Gasteiger partial charge is 0.211 e. The summed E-state index contributed by atoms with van der Waals surface area (Å²) in [7, 11) is -0.968. The van der Waals surface area contributed by atoms with Gasteiger partial charge in [0.2, 0.25) is 10.0 Å². The van der Waals surface area contributed by atoms with Gasteiger partial charge in [0, 0.05) is 12.6 Å². The van der Waals surface area contributed by atoms with Crippen molar-refractivity contribution in [2.45, 2.75) is 26.3 Å². The SMILES string of the molecule is CCS(=O)(=O)NC1CCN(C)CC1C. The van der Waals surface area contributed by atoms with Crippen LogP contribution in [0.25, 0.3) is 0 Å². The standard InChI is InChI=1S/C9H20N2O2S/c1-4-14(12,13)10-9-5-6-11(3)7-8(9)2/h8-10H,4-7H2,1-3H3. The molecule has 2 atom stereocenters. The zero-order valence-electron chi connectivity index (χ0n) is 9.16. The molecule has 84 valence electrons. The number of hydrogen-bond donors (Lipinski definition) is 1. The molecule has 0 radical (unpaired) electrons. The summed E-state index contributed by atoms with van der Waals surface area (Å²) < 4.78 is 25.5. The molecule has 14 heavy (non-hydrogen) atoms. The van der Waals surface area contributed by atoms with Gasteiger partial charge in [-0.1, -0.05) is 6.92 Å². The molecule has 0 aromatic heterocycles. The zero-order chi connectivity index (χ0) is 10.8. The first-order valence-electron chi connectivity index (χ1n) is 5.13. The summed E-state index contributed by atoms with van der Waals surface area (Å²) in [5.41, 5.74) is 0. The molecule has 0 amide bonds. The van der Waals surface area contributed by atoms with Crippen LogP contribution in [0.15, 0.2) is 0 Å². The van der Waals surface area contributed by atoms with Crippen molar-refractivity contribution < 1.29 is 8.42 Å².